The quantitative estimate of drug-likeness (QED) is 0.723. The topological polar surface area (TPSA) is 66.8 Å². The van der Waals surface area contributed by atoms with Crippen LogP contribution >= 0.6 is 0 Å². The van der Waals surface area contributed by atoms with E-state index in [1.54, 1.807) is 0 Å². The molecule has 2 N–H and O–H groups in total. The molecule has 0 aromatic rings. The highest BCUT2D eigenvalue weighted by Crippen LogP contribution is 2.69. The van der Waals surface area contributed by atoms with Gasteiger partial charge in [-0.25, -0.2) is 4.79 Å². The maximum absolute atomic E-state index is 12.1. The number of rotatable bonds is 1. The number of hydrogen-bond acceptors (Lipinski definition) is 4. The van der Waals surface area contributed by atoms with E-state index < -0.39 is 6.29 Å². The van der Waals surface area contributed by atoms with Gasteiger partial charge in [0.2, 0.25) is 6.29 Å². The van der Waals surface area contributed by atoms with Crippen molar-refractivity contribution in [1.29, 1.82) is 0 Å². The Morgan fingerprint density at radius 1 is 1.12 bits per heavy atom. The van der Waals surface area contributed by atoms with Gasteiger partial charge in [-0.05, 0) is 66.6 Å². The van der Waals surface area contributed by atoms with E-state index in [4.69, 9.17) is 4.74 Å². The van der Waals surface area contributed by atoms with Gasteiger partial charge in [0.1, 0.15) is 0 Å². The van der Waals surface area contributed by atoms with E-state index in [0.29, 0.717) is 11.8 Å². The van der Waals surface area contributed by atoms with Gasteiger partial charge in [-0.3, -0.25) is 0 Å². The number of esters is 1. The highest BCUT2D eigenvalue weighted by Gasteiger charge is 2.63. The van der Waals surface area contributed by atoms with Gasteiger partial charge in [0.05, 0.1) is 0 Å². The number of aliphatic hydroxyl groups is 2. The Hall–Kier alpha value is -0.870. The van der Waals surface area contributed by atoms with Crippen molar-refractivity contribution < 1.29 is 19.7 Å². The van der Waals surface area contributed by atoms with E-state index >= 15 is 0 Å². The van der Waals surface area contributed by atoms with Crippen molar-refractivity contribution in [2.24, 2.45) is 28.1 Å². The number of carbonyl (C=O) groups excluding carboxylic acids is 1. The molecule has 0 spiro atoms. The lowest BCUT2D eigenvalue weighted by atomic mass is 9.40. The van der Waals surface area contributed by atoms with Crippen molar-refractivity contribution in [3.63, 3.8) is 0 Å². The summed E-state index contributed by atoms with van der Waals surface area (Å²) >= 11 is 0. The molecule has 1 heterocycles. The van der Waals surface area contributed by atoms with Crippen LogP contribution in [0.1, 0.15) is 65.7 Å². The van der Waals surface area contributed by atoms with Gasteiger partial charge in [-0.15, -0.1) is 0 Å². The van der Waals surface area contributed by atoms with Crippen molar-refractivity contribution in [3.05, 3.63) is 11.1 Å². The van der Waals surface area contributed by atoms with Crippen LogP contribution in [0, 0.1) is 28.1 Å². The largest absolute Gasteiger partial charge is 0.428 e. The van der Waals surface area contributed by atoms with Crippen LogP contribution in [-0.4, -0.2) is 29.1 Å². The van der Waals surface area contributed by atoms with Crippen molar-refractivity contribution in [2.75, 3.05) is 6.61 Å². The maximum atomic E-state index is 12.1. The lowest BCUT2D eigenvalue weighted by Gasteiger charge is -2.64. The van der Waals surface area contributed by atoms with Gasteiger partial charge < -0.3 is 14.9 Å². The third-order valence-electron chi connectivity index (χ3n) is 8.31. The van der Waals surface area contributed by atoms with Crippen molar-refractivity contribution in [3.8, 4) is 0 Å². The molecular formula is C20H30O4. The van der Waals surface area contributed by atoms with E-state index in [-0.39, 0.29) is 28.8 Å². The van der Waals surface area contributed by atoms with E-state index in [1.807, 2.05) is 0 Å². The monoisotopic (exact) mass is 334 g/mol. The van der Waals surface area contributed by atoms with Crippen molar-refractivity contribution >= 4 is 5.97 Å². The van der Waals surface area contributed by atoms with Crippen LogP contribution < -0.4 is 0 Å². The molecule has 2 fully saturated rings. The lowest BCUT2D eigenvalue weighted by molar-refractivity contribution is -0.158. The van der Waals surface area contributed by atoms with Gasteiger partial charge in [-0.1, -0.05) is 27.2 Å². The summed E-state index contributed by atoms with van der Waals surface area (Å²) in [5, 5.41) is 20.5. The molecule has 1 aliphatic heterocycles. The fourth-order valence-electron chi connectivity index (χ4n) is 7.26. The molecule has 24 heavy (non-hydrogen) atoms. The Morgan fingerprint density at radius 3 is 2.58 bits per heavy atom. The molecule has 0 bridgehead atoms. The summed E-state index contributed by atoms with van der Waals surface area (Å²) in [5.41, 5.74) is 1.62. The standard InChI is InChI=1S/C20H30O4/c1-18(11-21)8-4-9-19(2)13(18)7-10-20(3)14(19)6-5-12-15(20)17(23)24-16(12)22/h13-14,17,21,23H,4-11H2,1-3H3/t13?,14?,17?,18-,19+,20-/m1/s1. The Balaban J connectivity index is 1.78. The van der Waals surface area contributed by atoms with Crippen LogP contribution in [0.3, 0.4) is 0 Å². The minimum Gasteiger partial charge on any atom is -0.428 e. The second-order valence-electron chi connectivity index (χ2n) is 9.42. The second kappa shape index (κ2) is 5.07. The number of aliphatic hydroxyl groups excluding tert-OH is 2. The molecule has 4 aliphatic rings. The number of cyclic esters (lactones) is 1. The first-order chi connectivity index (χ1) is 11.3. The summed E-state index contributed by atoms with van der Waals surface area (Å²) in [6.07, 6.45) is 6.13. The molecule has 4 heteroatoms. The Bertz CT molecular complexity index is 611. The highest BCUT2D eigenvalue weighted by atomic mass is 16.6. The average Bonchev–Trinajstić information content (AvgIpc) is 2.82. The summed E-state index contributed by atoms with van der Waals surface area (Å²) < 4.78 is 5.16. The van der Waals surface area contributed by atoms with Crippen LogP contribution in [0.15, 0.2) is 11.1 Å². The molecule has 4 nitrogen and oxygen atoms in total. The van der Waals surface area contributed by atoms with Crippen molar-refractivity contribution in [2.45, 2.75) is 72.0 Å². The third-order valence-corrected chi connectivity index (χ3v) is 8.31. The van der Waals surface area contributed by atoms with E-state index in [1.165, 1.54) is 6.42 Å². The minimum atomic E-state index is -1.05. The van der Waals surface area contributed by atoms with Gasteiger partial charge >= 0.3 is 5.97 Å². The van der Waals surface area contributed by atoms with Gasteiger partial charge in [0, 0.05) is 17.8 Å². The number of hydrogen-bond donors (Lipinski definition) is 2. The zero-order valence-corrected chi connectivity index (χ0v) is 15.1. The molecule has 134 valence electrons. The number of ether oxygens (including phenoxy) is 1. The Labute approximate surface area is 144 Å². The predicted octanol–water partition coefficient (Wildman–Crippen LogP) is 3.17. The predicted molar refractivity (Wildman–Crippen MR) is 89.8 cm³/mol. The molecule has 6 atom stereocenters. The molecule has 0 aromatic carbocycles. The van der Waals surface area contributed by atoms with Crippen LogP contribution in [-0.2, 0) is 9.53 Å². The maximum Gasteiger partial charge on any atom is 0.336 e. The normalized spacial score (nSPS) is 50.9. The third kappa shape index (κ3) is 1.90. The molecule has 2 saturated carbocycles. The minimum absolute atomic E-state index is 0.00357. The Kier molecular flexibility index (Phi) is 3.51. The SMILES string of the molecule is C[C@]1(CO)CCC[C@@]2(C)C1CC[C@@]1(C)C3=C(CCC21)C(=O)OC3O. The fourth-order valence-corrected chi connectivity index (χ4v) is 7.26. The molecular weight excluding hydrogens is 304 g/mol. The molecule has 0 saturated heterocycles. The Morgan fingerprint density at radius 2 is 1.88 bits per heavy atom. The van der Waals surface area contributed by atoms with Gasteiger partial charge in [0.25, 0.3) is 0 Å². The molecule has 3 aliphatic carbocycles. The average molecular weight is 334 g/mol. The number of carbonyl (C=O) groups is 1. The van der Waals surface area contributed by atoms with Crippen LogP contribution in [0.25, 0.3) is 0 Å². The fraction of sp³-hybridized carbons (Fsp3) is 0.850. The first kappa shape index (κ1) is 16.6. The molecule has 0 radical (unpaired) electrons. The first-order valence-electron chi connectivity index (χ1n) is 9.50. The van der Waals surface area contributed by atoms with Crippen LogP contribution in [0.2, 0.25) is 0 Å². The zero-order valence-electron chi connectivity index (χ0n) is 15.1. The van der Waals surface area contributed by atoms with Crippen LogP contribution in [0.4, 0.5) is 0 Å². The van der Waals surface area contributed by atoms with E-state index in [2.05, 4.69) is 20.8 Å². The van der Waals surface area contributed by atoms with E-state index in [9.17, 15) is 15.0 Å². The van der Waals surface area contributed by atoms with Gasteiger partial charge in [0.15, 0.2) is 0 Å². The highest BCUT2D eigenvalue weighted by molar-refractivity contribution is 5.92. The zero-order chi connectivity index (χ0) is 17.3. The molecule has 3 unspecified atom stereocenters. The molecule has 0 amide bonds. The molecule has 4 rings (SSSR count). The smallest absolute Gasteiger partial charge is 0.336 e. The number of fused-ring (bicyclic) bond motifs is 4. The van der Waals surface area contributed by atoms with Crippen LogP contribution in [0.5, 0.6) is 0 Å². The van der Waals surface area contributed by atoms with Crippen molar-refractivity contribution in [1.82, 2.24) is 0 Å². The first-order valence-corrected chi connectivity index (χ1v) is 9.50. The summed E-state index contributed by atoms with van der Waals surface area (Å²) in [4.78, 5) is 12.1. The lowest BCUT2D eigenvalue weighted by Crippen LogP contribution is -2.58. The van der Waals surface area contributed by atoms with Gasteiger partial charge in [-0.2, -0.15) is 0 Å². The summed E-state index contributed by atoms with van der Waals surface area (Å²) in [5.74, 6) is 0.644. The summed E-state index contributed by atoms with van der Waals surface area (Å²) in [6, 6.07) is 0. The summed E-state index contributed by atoms with van der Waals surface area (Å²) in [7, 11) is 0. The second-order valence-corrected chi connectivity index (χ2v) is 9.42. The summed E-state index contributed by atoms with van der Waals surface area (Å²) in [6.45, 7) is 7.16. The molecule has 0 aromatic heterocycles. The van der Waals surface area contributed by atoms with E-state index in [0.717, 1.165) is 49.7 Å².